The number of nitrogens with zero attached hydrogens (tertiary/aromatic N) is 1. The molecular weight excluding hydrogens is 216 g/mol. The molecule has 17 heavy (non-hydrogen) atoms. The second-order valence-electron chi connectivity index (χ2n) is 5.23. The zero-order valence-corrected chi connectivity index (χ0v) is 12.2. The van der Waals surface area contributed by atoms with Crippen molar-refractivity contribution in [2.75, 3.05) is 27.3 Å². The van der Waals surface area contributed by atoms with Crippen molar-refractivity contribution in [2.45, 2.75) is 52.1 Å². The minimum Gasteiger partial charge on any atom is -0.385 e. The van der Waals surface area contributed by atoms with Gasteiger partial charge in [0.15, 0.2) is 0 Å². The van der Waals surface area contributed by atoms with Gasteiger partial charge in [-0.25, -0.2) is 0 Å². The highest BCUT2D eigenvalue weighted by atomic mass is 16.5. The summed E-state index contributed by atoms with van der Waals surface area (Å²) in [6.07, 6.45) is 1.88. The van der Waals surface area contributed by atoms with Gasteiger partial charge in [0, 0.05) is 25.8 Å². The number of amides is 1. The smallest absolute Gasteiger partial charge is 0.237 e. The summed E-state index contributed by atoms with van der Waals surface area (Å²) in [6.45, 7) is 9.71. The Morgan fingerprint density at radius 3 is 2.53 bits per heavy atom. The van der Waals surface area contributed by atoms with Crippen molar-refractivity contribution < 1.29 is 9.53 Å². The molecule has 0 aromatic rings. The Hall–Kier alpha value is -0.610. The van der Waals surface area contributed by atoms with Gasteiger partial charge in [-0.15, -0.1) is 0 Å². The van der Waals surface area contributed by atoms with Crippen molar-refractivity contribution >= 4 is 5.91 Å². The van der Waals surface area contributed by atoms with Gasteiger partial charge in [0.2, 0.25) is 5.91 Å². The van der Waals surface area contributed by atoms with Crippen LogP contribution in [0.5, 0.6) is 0 Å². The zero-order chi connectivity index (χ0) is 13.5. The van der Waals surface area contributed by atoms with Crippen molar-refractivity contribution in [1.82, 2.24) is 10.2 Å². The standard InChI is InChI=1S/C13H28N2O2/c1-7-13(3,4)14-12(16)11(2)15(5)9-8-10-17-6/h11H,7-10H2,1-6H3,(H,14,16). The first-order valence-corrected chi connectivity index (χ1v) is 6.35. The van der Waals surface area contributed by atoms with E-state index in [4.69, 9.17) is 4.74 Å². The van der Waals surface area contributed by atoms with Crippen molar-refractivity contribution in [1.29, 1.82) is 0 Å². The normalized spacial score (nSPS) is 13.8. The minimum absolute atomic E-state index is 0.0942. The van der Waals surface area contributed by atoms with E-state index in [9.17, 15) is 4.79 Å². The fourth-order valence-electron chi connectivity index (χ4n) is 1.38. The minimum atomic E-state index is -0.126. The molecule has 1 N–H and O–H groups in total. The maximum Gasteiger partial charge on any atom is 0.237 e. The molecule has 0 radical (unpaired) electrons. The third kappa shape index (κ3) is 6.64. The van der Waals surface area contributed by atoms with Crippen LogP contribution < -0.4 is 5.32 Å². The van der Waals surface area contributed by atoms with Crippen LogP contribution in [0.3, 0.4) is 0 Å². The monoisotopic (exact) mass is 244 g/mol. The molecule has 4 nitrogen and oxygen atoms in total. The van der Waals surface area contributed by atoms with E-state index in [0.717, 1.165) is 26.0 Å². The van der Waals surface area contributed by atoms with Gasteiger partial charge >= 0.3 is 0 Å². The van der Waals surface area contributed by atoms with Gasteiger partial charge in [-0.1, -0.05) is 6.92 Å². The summed E-state index contributed by atoms with van der Waals surface area (Å²) in [4.78, 5) is 14.1. The predicted molar refractivity (Wildman–Crippen MR) is 71.1 cm³/mol. The van der Waals surface area contributed by atoms with Crippen LogP contribution in [0.25, 0.3) is 0 Å². The Balaban J connectivity index is 4.11. The zero-order valence-electron chi connectivity index (χ0n) is 12.2. The molecule has 0 saturated heterocycles. The maximum absolute atomic E-state index is 12.0. The van der Waals surface area contributed by atoms with E-state index in [0.29, 0.717) is 0 Å². The highest BCUT2D eigenvalue weighted by Crippen LogP contribution is 2.08. The Labute approximate surface area is 106 Å². The first kappa shape index (κ1) is 16.4. The fourth-order valence-corrected chi connectivity index (χ4v) is 1.38. The van der Waals surface area contributed by atoms with Crippen LogP contribution in [0.2, 0.25) is 0 Å². The molecular formula is C13H28N2O2. The predicted octanol–water partition coefficient (Wildman–Crippen LogP) is 1.65. The highest BCUT2D eigenvalue weighted by Gasteiger charge is 2.23. The van der Waals surface area contributed by atoms with E-state index in [-0.39, 0.29) is 17.5 Å². The summed E-state index contributed by atoms with van der Waals surface area (Å²) in [7, 11) is 3.67. The average Bonchev–Trinajstić information content (AvgIpc) is 2.27. The van der Waals surface area contributed by atoms with Gasteiger partial charge in [0.25, 0.3) is 0 Å². The average molecular weight is 244 g/mol. The van der Waals surface area contributed by atoms with Crippen LogP contribution in [-0.2, 0) is 9.53 Å². The first-order valence-electron chi connectivity index (χ1n) is 6.35. The van der Waals surface area contributed by atoms with Crippen LogP contribution in [0.1, 0.15) is 40.5 Å². The number of rotatable bonds is 8. The SMILES string of the molecule is CCC(C)(C)NC(=O)C(C)N(C)CCCOC. The molecule has 0 saturated carbocycles. The number of hydrogen-bond acceptors (Lipinski definition) is 3. The number of ether oxygens (including phenoxy) is 1. The Morgan fingerprint density at radius 2 is 2.06 bits per heavy atom. The van der Waals surface area contributed by atoms with E-state index in [1.807, 2.05) is 27.8 Å². The molecule has 0 rings (SSSR count). The molecule has 102 valence electrons. The van der Waals surface area contributed by atoms with Crippen LogP contribution in [0.4, 0.5) is 0 Å². The topological polar surface area (TPSA) is 41.6 Å². The molecule has 0 heterocycles. The molecule has 1 unspecified atom stereocenters. The number of carbonyl (C=O) groups is 1. The van der Waals surface area contributed by atoms with E-state index >= 15 is 0 Å². The van der Waals surface area contributed by atoms with Crippen LogP contribution in [-0.4, -0.2) is 49.7 Å². The summed E-state index contributed by atoms with van der Waals surface area (Å²) in [5.41, 5.74) is -0.126. The third-order valence-corrected chi connectivity index (χ3v) is 3.25. The second kappa shape index (κ2) is 7.67. The quantitative estimate of drug-likeness (QED) is 0.660. The van der Waals surface area contributed by atoms with Crippen molar-refractivity contribution in [2.24, 2.45) is 0 Å². The lowest BCUT2D eigenvalue weighted by atomic mass is 10.0. The molecule has 0 aromatic heterocycles. The summed E-state index contributed by atoms with van der Waals surface area (Å²) in [6, 6.07) is -0.0994. The van der Waals surface area contributed by atoms with E-state index in [2.05, 4.69) is 17.1 Å². The third-order valence-electron chi connectivity index (χ3n) is 3.25. The van der Waals surface area contributed by atoms with Gasteiger partial charge in [0.05, 0.1) is 6.04 Å². The van der Waals surface area contributed by atoms with E-state index < -0.39 is 0 Å². The van der Waals surface area contributed by atoms with Crippen molar-refractivity contribution in [3.63, 3.8) is 0 Å². The lowest BCUT2D eigenvalue weighted by Gasteiger charge is -2.30. The molecule has 0 bridgehead atoms. The van der Waals surface area contributed by atoms with E-state index in [1.165, 1.54) is 0 Å². The number of nitrogens with one attached hydrogen (secondary N) is 1. The van der Waals surface area contributed by atoms with E-state index in [1.54, 1.807) is 7.11 Å². The van der Waals surface area contributed by atoms with Crippen molar-refractivity contribution in [3.05, 3.63) is 0 Å². The van der Waals surface area contributed by atoms with Gasteiger partial charge in [-0.2, -0.15) is 0 Å². The maximum atomic E-state index is 12.0. The highest BCUT2D eigenvalue weighted by molar-refractivity contribution is 5.81. The second-order valence-corrected chi connectivity index (χ2v) is 5.23. The van der Waals surface area contributed by atoms with Crippen molar-refractivity contribution in [3.8, 4) is 0 Å². The Bertz CT molecular complexity index is 229. The lowest BCUT2D eigenvalue weighted by Crippen LogP contribution is -2.51. The number of methoxy groups -OCH3 is 1. The number of hydrogen-bond donors (Lipinski definition) is 1. The molecule has 0 aromatic carbocycles. The molecule has 0 fully saturated rings. The molecule has 0 aliphatic heterocycles. The summed E-state index contributed by atoms with van der Waals surface area (Å²) in [5.74, 6) is 0.0942. The van der Waals surface area contributed by atoms with Gasteiger partial charge in [0.1, 0.15) is 0 Å². The summed E-state index contributed by atoms with van der Waals surface area (Å²) >= 11 is 0. The largest absolute Gasteiger partial charge is 0.385 e. The first-order chi connectivity index (χ1) is 7.84. The Morgan fingerprint density at radius 1 is 1.47 bits per heavy atom. The number of carbonyl (C=O) groups excluding carboxylic acids is 1. The number of likely N-dealkylation sites (N-methyl/N-ethyl adjacent to an activating group) is 1. The molecule has 0 aliphatic rings. The summed E-state index contributed by atoms with van der Waals surface area (Å²) < 4.78 is 5.00. The molecule has 0 aliphatic carbocycles. The van der Waals surface area contributed by atoms with Gasteiger partial charge < -0.3 is 10.1 Å². The summed E-state index contributed by atoms with van der Waals surface area (Å²) in [5, 5.41) is 3.07. The fraction of sp³-hybridized carbons (Fsp3) is 0.923. The molecule has 1 atom stereocenters. The van der Waals surface area contributed by atoms with Gasteiger partial charge in [-0.05, 0) is 40.7 Å². The lowest BCUT2D eigenvalue weighted by molar-refractivity contribution is -0.127. The van der Waals surface area contributed by atoms with Gasteiger partial charge in [-0.3, -0.25) is 9.69 Å². The van der Waals surface area contributed by atoms with Crippen LogP contribution in [0.15, 0.2) is 0 Å². The molecule has 4 heteroatoms. The molecule has 1 amide bonds. The Kier molecular flexibility index (Phi) is 7.39. The van der Waals surface area contributed by atoms with Crippen LogP contribution in [0, 0.1) is 0 Å². The van der Waals surface area contributed by atoms with Crippen LogP contribution >= 0.6 is 0 Å². The molecule has 0 spiro atoms.